The topological polar surface area (TPSA) is 123 Å². The van der Waals surface area contributed by atoms with E-state index in [2.05, 4.69) is 22.5 Å². The number of anilines is 1. The highest BCUT2D eigenvalue weighted by molar-refractivity contribution is 5.97. The Labute approximate surface area is 263 Å². The Balaban J connectivity index is 1.02. The first-order chi connectivity index (χ1) is 22.0. The van der Waals surface area contributed by atoms with Gasteiger partial charge in [-0.05, 0) is 35.9 Å². The summed E-state index contributed by atoms with van der Waals surface area (Å²) in [6.07, 6.45) is 0.881. The summed E-state index contributed by atoms with van der Waals surface area (Å²) in [6, 6.07) is 21.7. The second-order valence-corrected chi connectivity index (χ2v) is 10.1. The maximum Gasteiger partial charge on any atom is 0.251 e. The molecule has 0 atom stereocenters. The number of carbonyl (C=O) groups excluding carboxylic acids is 4. The van der Waals surface area contributed by atoms with Crippen molar-refractivity contribution in [1.82, 2.24) is 10.6 Å². The van der Waals surface area contributed by atoms with Gasteiger partial charge in [0.2, 0.25) is 11.8 Å². The lowest BCUT2D eigenvalue weighted by Gasteiger charge is -2.26. The van der Waals surface area contributed by atoms with Crippen LogP contribution in [0.2, 0.25) is 0 Å². The molecular weight excluding hydrogens is 574 g/mol. The summed E-state index contributed by atoms with van der Waals surface area (Å²) in [6.45, 7) is 3.25. The van der Waals surface area contributed by atoms with Crippen LogP contribution >= 0.6 is 0 Å². The van der Waals surface area contributed by atoms with E-state index in [9.17, 15) is 19.2 Å². The van der Waals surface area contributed by atoms with Crippen molar-refractivity contribution < 1.29 is 33.4 Å². The Hall–Kier alpha value is -4.82. The molecule has 0 unspecified atom stereocenters. The molecule has 3 amide bonds. The molecule has 1 aliphatic rings. The maximum atomic E-state index is 13.2. The van der Waals surface area contributed by atoms with Crippen LogP contribution in [0, 0.1) is 11.8 Å². The standard InChI is InChI=1S/C35H37N3O7/c39-26-27-9-11-30(12-10-27)35(42)37-18-20-44-22-24-45-23-21-43-19-17-36-33(40)15-16-34(41)38-25-31-7-2-1-5-28(31)13-14-29-6-3-4-8-32(29)38/h1-12,26H,15-25H2,(H,36,40)(H,37,42). The van der Waals surface area contributed by atoms with Crippen molar-refractivity contribution in [2.24, 2.45) is 0 Å². The molecule has 0 aromatic heterocycles. The van der Waals surface area contributed by atoms with Gasteiger partial charge in [-0.2, -0.15) is 0 Å². The molecule has 0 aliphatic carbocycles. The number of carbonyl (C=O) groups is 4. The Kier molecular flexibility index (Phi) is 13.3. The fraction of sp³-hybridized carbons (Fsp3) is 0.314. The molecule has 3 aromatic rings. The predicted octanol–water partition coefficient (Wildman–Crippen LogP) is 3.12. The minimum Gasteiger partial charge on any atom is -0.377 e. The van der Waals surface area contributed by atoms with Crippen molar-refractivity contribution >= 4 is 29.7 Å². The van der Waals surface area contributed by atoms with E-state index in [1.807, 2.05) is 48.5 Å². The molecule has 234 valence electrons. The first-order valence-corrected chi connectivity index (χ1v) is 14.9. The molecule has 4 rings (SSSR count). The molecule has 0 saturated carbocycles. The lowest BCUT2D eigenvalue weighted by Crippen LogP contribution is -2.34. The molecule has 0 saturated heterocycles. The van der Waals surface area contributed by atoms with Crippen LogP contribution < -0.4 is 15.5 Å². The summed E-state index contributed by atoms with van der Waals surface area (Å²) in [5.41, 5.74) is 4.37. The highest BCUT2D eigenvalue weighted by atomic mass is 16.5. The van der Waals surface area contributed by atoms with Gasteiger partial charge in [-0.3, -0.25) is 19.2 Å². The van der Waals surface area contributed by atoms with Crippen molar-refractivity contribution in [3.8, 4) is 11.8 Å². The average molecular weight is 612 g/mol. The van der Waals surface area contributed by atoms with Crippen LogP contribution in [0.3, 0.4) is 0 Å². The normalized spacial score (nSPS) is 11.6. The number of benzene rings is 3. The van der Waals surface area contributed by atoms with Gasteiger partial charge in [0.1, 0.15) is 6.29 Å². The minimum atomic E-state index is -0.231. The second kappa shape index (κ2) is 18.1. The van der Waals surface area contributed by atoms with Crippen LogP contribution in [-0.2, 0) is 30.3 Å². The van der Waals surface area contributed by atoms with E-state index in [1.54, 1.807) is 29.2 Å². The quantitative estimate of drug-likeness (QED) is 0.137. The molecule has 1 heterocycles. The number of ether oxygens (including phenoxy) is 3. The van der Waals surface area contributed by atoms with Gasteiger partial charge in [-0.1, -0.05) is 54.3 Å². The Morgan fingerprint density at radius 3 is 2.02 bits per heavy atom. The Morgan fingerprint density at radius 2 is 1.31 bits per heavy atom. The molecule has 0 bridgehead atoms. The first-order valence-electron chi connectivity index (χ1n) is 14.9. The highest BCUT2D eigenvalue weighted by Gasteiger charge is 2.21. The SMILES string of the molecule is O=Cc1ccc(C(=O)NCCOCCOCCOCCNC(=O)CCC(=O)N2Cc3ccccc3C#Cc3ccccc32)cc1. The third-order valence-corrected chi connectivity index (χ3v) is 6.89. The zero-order chi connectivity index (χ0) is 31.7. The van der Waals surface area contributed by atoms with Gasteiger partial charge in [0.25, 0.3) is 5.91 Å². The molecule has 3 aromatic carbocycles. The van der Waals surface area contributed by atoms with E-state index in [-0.39, 0.29) is 30.6 Å². The van der Waals surface area contributed by atoms with Crippen molar-refractivity contribution in [3.05, 3.63) is 101 Å². The van der Waals surface area contributed by atoms with Gasteiger partial charge < -0.3 is 29.7 Å². The molecule has 0 radical (unpaired) electrons. The molecule has 1 aliphatic heterocycles. The molecular formula is C35H37N3O7. The summed E-state index contributed by atoms with van der Waals surface area (Å²) in [5, 5.41) is 5.54. The van der Waals surface area contributed by atoms with Crippen LogP contribution in [0.25, 0.3) is 0 Å². The lowest BCUT2D eigenvalue weighted by atomic mass is 10.0. The second-order valence-electron chi connectivity index (χ2n) is 10.1. The molecule has 0 spiro atoms. The average Bonchev–Trinajstić information content (AvgIpc) is 3.06. The van der Waals surface area contributed by atoms with E-state index in [0.717, 1.165) is 28.7 Å². The molecule has 2 N–H and O–H groups in total. The van der Waals surface area contributed by atoms with Crippen molar-refractivity contribution in [1.29, 1.82) is 0 Å². The van der Waals surface area contributed by atoms with Crippen molar-refractivity contribution in [3.63, 3.8) is 0 Å². The van der Waals surface area contributed by atoms with E-state index in [1.165, 1.54) is 0 Å². The van der Waals surface area contributed by atoms with E-state index in [4.69, 9.17) is 14.2 Å². The third-order valence-electron chi connectivity index (χ3n) is 6.89. The fourth-order valence-electron chi connectivity index (χ4n) is 4.51. The number of fused-ring (bicyclic) bond motifs is 2. The Bertz CT molecular complexity index is 1510. The van der Waals surface area contributed by atoms with Crippen LogP contribution in [0.1, 0.15) is 50.2 Å². The number of hydrogen-bond donors (Lipinski definition) is 2. The lowest BCUT2D eigenvalue weighted by molar-refractivity contribution is -0.125. The monoisotopic (exact) mass is 611 g/mol. The van der Waals surface area contributed by atoms with E-state index in [0.29, 0.717) is 70.4 Å². The summed E-state index contributed by atoms with van der Waals surface area (Å²) in [4.78, 5) is 50.1. The number of hydrogen-bond acceptors (Lipinski definition) is 7. The van der Waals surface area contributed by atoms with E-state index >= 15 is 0 Å². The fourth-order valence-corrected chi connectivity index (χ4v) is 4.51. The summed E-state index contributed by atoms with van der Waals surface area (Å²) in [7, 11) is 0. The van der Waals surface area contributed by atoms with Gasteiger partial charge in [0, 0.05) is 48.2 Å². The number of amides is 3. The van der Waals surface area contributed by atoms with Crippen LogP contribution in [0.5, 0.6) is 0 Å². The highest BCUT2D eigenvalue weighted by Crippen LogP contribution is 2.26. The van der Waals surface area contributed by atoms with Crippen molar-refractivity contribution in [2.75, 3.05) is 57.6 Å². The zero-order valence-corrected chi connectivity index (χ0v) is 25.1. The maximum absolute atomic E-state index is 13.2. The van der Waals surface area contributed by atoms with Crippen molar-refractivity contribution in [2.45, 2.75) is 19.4 Å². The largest absolute Gasteiger partial charge is 0.377 e. The van der Waals surface area contributed by atoms with Crippen LogP contribution in [-0.4, -0.2) is 76.7 Å². The number of nitrogens with one attached hydrogen (secondary N) is 2. The number of rotatable bonds is 17. The first kappa shape index (κ1) is 33.1. The van der Waals surface area contributed by atoms with E-state index < -0.39 is 0 Å². The number of aldehydes is 1. The van der Waals surface area contributed by atoms with Gasteiger partial charge in [-0.15, -0.1) is 0 Å². The smallest absolute Gasteiger partial charge is 0.251 e. The molecule has 10 heteroatoms. The molecule has 45 heavy (non-hydrogen) atoms. The summed E-state index contributed by atoms with van der Waals surface area (Å²) < 4.78 is 16.4. The number of para-hydroxylation sites is 1. The van der Waals surface area contributed by atoms with Crippen LogP contribution in [0.4, 0.5) is 5.69 Å². The van der Waals surface area contributed by atoms with Gasteiger partial charge in [-0.25, -0.2) is 0 Å². The molecule has 10 nitrogen and oxygen atoms in total. The van der Waals surface area contributed by atoms with Gasteiger partial charge >= 0.3 is 0 Å². The zero-order valence-electron chi connectivity index (χ0n) is 25.1. The number of nitrogens with zero attached hydrogens (tertiary/aromatic N) is 1. The van der Waals surface area contributed by atoms with Crippen LogP contribution in [0.15, 0.2) is 72.8 Å². The minimum absolute atomic E-state index is 0.0755. The molecule has 0 fully saturated rings. The third kappa shape index (κ3) is 10.7. The Morgan fingerprint density at radius 1 is 0.711 bits per heavy atom. The van der Waals surface area contributed by atoms with Gasteiger partial charge in [0.15, 0.2) is 0 Å². The predicted molar refractivity (Wildman–Crippen MR) is 169 cm³/mol. The summed E-state index contributed by atoms with van der Waals surface area (Å²) >= 11 is 0. The van der Waals surface area contributed by atoms with Gasteiger partial charge in [0.05, 0.1) is 51.9 Å². The summed E-state index contributed by atoms with van der Waals surface area (Å²) in [5.74, 6) is 5.79.